The number of hydrogen-bond acceptors (Lipinski definition) is 5. The van der Waals surface area contributed by atoms with Gasteiger partial charge in [0.25, 0.3) is 0 Å². The Morgan fingerprint density at radius 3 is 2.33 bits per heavy atom. The number of carbonyl (C=O) groups excluding carboxylic acids is 1. The number of rotatable bonds is 5. The number of carbonyl (C=O) groups is 1. The van der Waals surface area contributed by atoms with Gasteiger partial charge in [-0.1, -0.05) is 27.7 Å². The topological polar surface area (TPSA) is 118 Å². The molecule has 2 heterocycles. The van der Waals surface area contributed by atoms with Crippen molar-refractivity contribution in [1.29, 1.82) is 0 Å². The molecular weight excluding hydrogens is 434 g/mol. The van der Waals surface area contributed by atoms with Crippen LogP contribution in [-0.4, -0.2) is 20.3 Å². The van der Waals surface area contributed by atoms with E-state index in [1.54, 1.807) is 13.8 Å². The van der Waals surface area contributed by atoms with Crippen molar-refractivity contribution in [3.05, 3.63) is 40.0 Å². The maximum Gasteiger partial charge on any atom is 0.354 e. The Kier molecular flexibility index (Phi) is 7.02. The van der Waals surface area contributed by atoms with Crippen molar-refractivity contribution in [2.75, 3.05) is 5.32 Å². The first-order chi connectivity index (χ1) is 13.6. The lowest BCUT2D eigenvalue weighted by atomic mass is 9.96. The predicted octanol–water partition coefficient (Wildman–Crippen LogP) is 4.83. The molecule has 0 aliphatic rings. The van der Waals surface area contributed by atoms with Crippen molar-refractivity contribution in [3.63, 3.8) is 0 Å². The van der Waals surface area contributed by atoms with Gasteiger partial charge < -0.3 is 10.4 Å². The van der Waals surface area contributed by atoms with Gasteiger partial charge in [-0.25, -0.2) is 22.9 Å². The number of pyridine rings is 1. The summed E-state index contributed by atoms with van der Waals surface area (Å²) in [7, 11) is -3.94. The van der Waals surface area contributed by atoms with E-state index >= 15 is 0 Å². The number of nitrogens with zero attached hydrogens (tertiary/aromatic N) is 2. The minimum absolute atomic E-state index is 0.132. The van der Waals surface area contributed by atoms with Gasteiger partial charge in [0.2, 0.25) is 0 Å². The van der Waals surface area contributed by atoms with Crippen LogP contribution in [0.1, 0.15) is 69.5 Å². The molecule has 0 unspecified atom stereocenters. The van der Waals surface area contributed by atoms with Crippen molar-refractivity contribution in [2.24, 2.45) is 9.50 Å². The zero-order valence-electron chi connectivity index (χ0n) is 17.6. The lowest BCUT2D eigenvalue weighted by molar-refractivity contribution is 0.0823. The third-order valence-electron chi connectivity index (χ3n) is 4.20. The Morgan fingerprint density at radius 2 is 1.87 bits per heavy atom. The molecule has 2 amide bonds. The van der Waals surface area contributed by atoms with Gasteiger partial charge in [-0.3, -0.25) is 4.98 Å². The van der Waals surface area contributed by atoms with E-state index in [1.807, 2.05) is 13.8 Å². The van der Waals surface area contributed by atoms with Crippen molar-refractivity contribution in [2.45, 2.75) is 63.2 Å². The van der Waals surface area contributed by atoms with E-state index in [2.05, 4.69) is 14.7 Å². The van der Waals surface area contributed by atoms with Crippen molar-refractivity contribution < 1.29 is 22.9 Å². The van der Waals surface area contributed by atoms with Gasteiger partial charge in [0.05, 0.1) is 23.2 Å². The third-order valence-corrected chi connectivity index (χ3v) is 7.55. The smallest absolute Gasteiger partial charge is 0.354 e. The molecule has 1 atom stereocenters. The molecule has 2 aromatic rings. The van der Waals surface area contributed by atoms with Gasteiger partial charge in [0.15, 0.2) is 19.9 Å². The van der Waals surface area contributed by atoms with Gasteiger partial charge in [-0.05, 0) is 31.7 Å². The van der Waals surface area contributed by atoms with Crippen molar-refractivity contribution in [3.8, 4) is 0 Å². The fourth-order valence-electron chi connectivity index (χ4n) is 2.80. The van der Waals surface area contributed by atoms with Crippen molar-refractivity contribution in [1.82, 2.24) is 4.98 Å². The molecule has 0 fully saturated rings. The molecule has 0 bridgehead atoms. The average molecular weight is 461 g/mol. The lowest BCUT2D eigenvalue weighted by Crippen LogP contribution is -2.20. The molecule has 7 nitrogen and oxygen atoms in total. The van der Waals surface area contributed by atoms with Gasteiger partial charge in [-0.15, -0.1) is 15.7 Å². The Balaban J connectivity index is 2.51. The molecule has 0 radical (unpaired) electrons. The molecule has 0 aliphatic heterocycles. The van der Waals surface area contributed by atoms with Gasteiger partial charge in [-0.2, -0.15) is 0 Å². The molecule has 11 heteroatoms. The number of hydrogen-bond donors (Lipinski definition) is 3. The van der Waals surface area contributed by atoms with Crippen LogP contribution in [0.5, 0.6) is 0 Å². The second-order valence-corrected chi connectivity index (χ2v) is 11.0. The summed E-state index contributed by atoms with van der Waals surface area (Å²) < 4.78 is 44.5. The molecule has 4 N–H and O–H groups in total. The standard InChI is InChI=1S/C19H26F2N4O3S2/c1-9(2)14-12(21)8-23-15(10(3)4)16(14)24-18(26)25-30(22,28)17-11(20)7-13(29-17)19(5,6)27/h7-10,27H,1-6H3,(H3,22,24,25,26,28)/t30-/m1/s1. The summed E-state index contributed by atoms with van der Waals surface area (Å²) in [5.41, 5.74) is -0.591. The van der Waals surface area contributed by atoms with E-state index in [4.69, 9.17) is 5.14 Å². The number of halogens is 2. The third kappa shape index (κ3) is 5.20. The Bertz CT molecular complexity index is 1080. The van der Waals surface area contributed by atoms with E-state index in [0.717, 1.165) is 12.3 Å². The number of urea groups is 1. The highest BCUT2D eigenvalue weighted by Gasteiger charge is 2.27. The fraction of sp³-hybridized carbons (Fsp3) is 0.474. The number of anilines is 1. The van der Waals surface area contributed by atoms with Crippen LogP contribution in [-0.2, 0) is 15.5 Å². The van der Waals surface area contributed by atoms with Gasteiger partial charge in [0.1, 0.15) is 5.82 Å². The van der Waals surface area contributed by atoms with Crippen LogP contribution in [0, 0.1) is 11.6 Å². The molecule has 0 spiro atoms. The maximum absolute atomic E-state index is 14.4. The van der Waals surface area contributed by atoms with E-state index in [1.165, 1.54) is 13.8 Å². The van der Waals surface area contributed by atoms with E-state index < -0.39 is 37.4 Å². The second-order valence-electron chi connectivity index (χ2n) is 7.98. The highest BCUT2D eigenvalue weighted by molar-refractivity contribution is 7.93. The first kappa shape index (κ1) is 24.3. The highest BCUT2D eigenvalue weighted by Crippen LogP contribution is 2.34. The first-order valence-electron chi connectivity index (χ1n) is 9.21. The summed E-state index contributed by atoms with van der Waals surface area (Å²) in [4.78, 5) is 16.8. The summed E-state index contributed by atoms with van der Waals surface area (Å²) in [6, 6.07) is -0.110. The molecule has 30 heavy (non-hydrogen) atoms. The largest absolute Gasteiger partial charge is 0.385 e. The van der Waals surface area contributed by atoms with Gasteiger partial charge in [0, 0.05) is 10.4 Å². The minimum atomic E-state index is -3.94. The van der Waals surface area contributed by atoms with Crippen LogP contribution in [0.15, 0.2) is 20.8 Å². The molecule has 0 aromatic carbocycles. The fourth-order valence-corrected chi connectivity index (χ4v) is 5.14. The van der Waals surface area contributed by atoms with E-state index in [-0.39, 0.29) is 28.0 Å². The lowest BCUT2D eigenvalue weighted by Gasteiger charge is -2.19. The van der Waals surface area contributed by atoms with Crippen LogP contribution in [0.3, 0.4) is 0 Å². The number of amides is 2. The number of aromatic nitrogens is 1. The van der Waals surface area contributed by atoms with Crippen molar-refractivity contribution >= 4 is 33.0 Å². The zero-order valence-corrected chi connectivity index (χ0v) is 19.3. The Morgan fingerprint density at radius 1 is 1.27 bits per heavy atom. The second kappa shape index (κ2) is 8.66. The maximum atomic E-state index is 14.4. The molecule has 0 aliphatic carbocycles. The summed E-state index contributed by atoms with van der Waals surface area (Å²) in [5, 5.41) is 18.1. The Labute approximate surface area is 179 Å². The SMILES string of the molecule is CC(C)c1ncc(F)c(C(C)C)c1NC(=O)N=[S@@](N)(=O)c1sc(C(C)(C)O)cc1F. The molecule has 0 saturated heterocycles. The zero-order chi connectivity index (χ0) is 23.0. The number of nitrogens with two attached hydrogens (primary N) is 1. The molecule has 2 rings (SSSR count). The Hall–Kier alpha value is -1.95. The first-order valence-corrected chi connectivity index (χ1v) is 11.6. The van der Waals surface area contributed by atoms with Crippen LogP contribution >= 0.6 is 11.3 Å². The summed E-state index contributed by atoms with van der Waals surface area (Å²) in [5.74, 6) is -1.96. The quantitative estimate of drug-likeness (QED) is 0.592. The monoisotopic (exact) mass is 460 g/mol. The number of thiophene rings is 1. The van der Waals surface area contributed by atoms with Crippen LogP contribution in [0.25, 0.3) is 0 Å². The van der Waals surface area contributed by atoms with Crippen LogP contribution < -0.4 is 10.5 Å². The highest BCUT2D eigenvalue weighted by atomic mass is 32.2. The minimum Gasteiger partial charge on any atom is -0.385 e. The van der Waals surface area contributed by atoms with E-state index in [0.29, 0.717) is 17.0 Å². The van der Waals surface area contributed by atoms with E-state index in [9.17, 15) is 22.9 Å². The molecular formula is C19H26F2N4O3S2. The number of nitrogens with one attached hydrogen (secondary N) is 1. The molecule has 0 saturated carbocycles. The summed E-state index contributed by atoms with van der Waals surface area (Å²) >= 11 is 0.669. The molecule has 2 aromatic heterocycles. The van der Waals surface area contributed by atoms with Crippen LogP contribution in [0.2, 0.25) is 0 Å². The van der Waals surface area contributed by atoms with Crippen LogP contribution in [0.4, 0.5) is 19.3 Å². The summed E-state index contributed by atoms with van der Waals surface area (Å²) in [6.45, 7) is 10.0. The number of aliphatic hydroxyl groups is 1. The predicted molar refractivity (Wildman–Crippen MR) is 114 cm³/mol. The normalized spacial score (nSPS) is 14.1. The van der Waals surface area contributed by atoms with Gasteiger partial charge >= 0.3 is 6.03 Å². The average Bonchev–Trinajstić information content (AvgIpc) is 2.96. The molecule has 166 valence electrons. The summed E-state index contributed by atoms with van der Waals surface area (Å²) in [6.07, 6.45) is 1.09.